The van der Waals surface area contributed by atoms with Crippen molar-refractivity contribution in [3.05, 3.63) is 64.4 Å². The van der Waals surface area contributed by atoms with Crippen molar-refractivity contribution in [2.75, 3.05) is 7.05 Å². The highest BCUT2D eigenvalue weighted by Crippen LogP contribution is 2.23. The molecule has 122 valence electrons. The van der Waals surface area contributed by atoms with E-state index in [1.807, 2.05) is 0 Å². The molecule has 0 spiro atoms. The Balaban J connectivity index is 2.30. The maximum atomic E-state index is 13.8. The van der Waals surface area contributed by atoms with E-state index in [2.05, 4.69) is 0 Å². The number of sulfonamides is 1. The van der Waals surface area contributed by atoms with Crippen molar-refractivity contribution in [1.29, 1.82) is 0 Å². The van der Waals surface area contributed by atoms with Crippen LogP contribution < -0.4 is 0 Å². The second-order valence-electron chi connectivity index (χ2n) is 4.79. The summed E-state index contributed by atoms with van der Waals surface area (Å²) in [6, 6.07) is 8.88. The SMILES string of the molecule is CN(Cc1c(F)cccc1Cl)S(=O)(=O)c1ccc(C(=O)O)cc1. The molecule has 0 amide bonds. The molecule has 0 atom stereocenters. The van der Waals surface area contributed by atoms with E-state index in [4.69, 9.17) is 16.7 Å². The molecule has 0 aromatic heterocycles. The van der Waals surface area contributed by atoms with Crippen LogP contribution in [0.2, 0.25) is 5.02 Å². The third-order valence-corrected chi connectivity index (χ3v) is 5.42. The summed E-state index contributed by atoms with van der Waals surface area (Å²) in [4.78, 5) is 10.7. The lowest BCUT2D eigenvalue weighted by Crippen LogP contribution is -2.27. The number of hydrogen-bond acceptors (Lipinski definition) is 3. The lowest BCUT2D eigenvalue weighted by atomic mass is 10.2. The summed E-state index contributed by atoms with van der Waals surface area (Å²) in [5, 5.41) is 8.96. The van der Waals surface area contributed by atoms with Gasteiger partial charge in [-0.1, -0.05) is 17.7 Å². The summed E-state index contributed by atoms with van der Waals surface area (Å²) in [7, 11) is -2.60. The highest BCUT2D eigenvalue weighted by molar-refractivity contribution is 7.89. The fraction of sp³-hybridized carbons (Fsp3) is 0.133. The zero-order valence-corrected chi connectivity index (χ0v) is 13.6. The van der Waals surface area contributed by atoms with Gasteiger partial charge in [-0.2, -0.15) is 4.31 Å². The Morgan fingerprint density at radius 2 is 1.83 bits per heavy atom. The molecular weight excluding hydrogens is 345 g/mol. The topological polar surface area (TPSA) is 74.7 Å². The lowest BCUT2D eigenvalue weighted by Gasteiger charge is -2.18. The van der Waals surface area contributed by atoms with E-state index in [0.29, 0.717) is 0 Å². The minimum atomic E-state index is -3.90. The van der Waals surface area contributed by atoms with Crippen LogP contribution in [-0.2, 0) is 16.6 Å². The van der Waals surface area contributed by atoms with Crippen molar-refractivity contribution in [3.8, 4) is 0 Å². The van der Waals surface area contributed by atoms with E-state index in [1.165, 1.54) is 49.5 Å². The molecule has 2 rings (SSSR count). The van der Waals surface area contributed by atoms with Gasteiger partial charge in [-0.05, 0) is 36.4 Å². The maximum absolute atomic E-state index is 13.8. The maximum Gasteiger partial charge on any atom is 0.335 e. The van der Waals surface area contributed by atoms with E-state index in [1.54, 1.807) is 0 Å². The number of nitrogens with zero attached hydrogens (tertiary/aromatic N) is 1. The van der Waals surface area contributed by atoms with E-state index >= 15 is 0 Å². The van der Waals surface area contributed by atoms with Gasteiger partial charge >= 0.3 is 5.97 Å². The molecule has 0 saturated heterocycles. The molecule has 0 saturated carbocycles. The lowest BCUT2D eigenvalue weighted by molar-refractivity contribution is 0.0696. The van der Waals surface area contributed by atoms with E-state index in [0.717, 1.165) is 4.31 Å². The number of carboxylic acid groups (broad SMARTS) is 1. The summed E-state index contributed by atoms with van der Waals surface area (Å²) in [6.07, 6.45) is 0. The number of carboxylic acids is 1. The molecule has 0 radical (unpaired) electrons. The molecule has 0 aliphatic carbocycles. The van der Waals surface area contributed by atoms with Crippen molar-refractivity contribution in [2.45, 2.75) is 11.4 Å². The molecular formula is C15H13ClFNO4S. The molecule has 5 nitrogen and oxygen atoms in total. The summed E-state index contributed by atoms with van der Waals surface area (Å²) in [5.41, 5.74) is 0.0474. The van der Waals surface area contributed by atoms with Crippen molar-refractivity contribution >= 4 is 27.6 Å². The van der Waals surface area contributed by atoms with Gasteiger partial charge in [0.15, 0.2) is 0 Å². The van der Waals surface area contributed by atoms with Gasteiger partial charge in [-0.3, -0.25) is 0 Å². The number of halogens is 2. The van der Waals surface area contributed by atoms with Gasteiger partial charge in [-0.25, -0.2) is 17.6 Å². The van der Waals surface area contributed by atoms with Gasteiger partial charge in [0.25, 0.3) is 0 Å². The zero-order valence-electron chi connectivity index (χ0n) is 12.0. The Morgan fingerprint density at radius 1 is 1.22 bits per heavy atom. The standard InChI is InChI=1S/C15H13ClFNO4S/c1-18(9-12-13(16)3-2-4-14(12)17)23(21,22)11-7-5-10(6-8-11)15(19)20/h2-8H,9H2,1H3,(H,19,20). The Hall–Kier alpha value is -1.96. The monoisotopic (exact) mass is 357 g/mol. The Labute approximate surface area is 138 Å². The van der Waals surface area contributed by atoms with Crippen LogP contribution in [0.5, 0.6) is 0 Å². The largest absolute Gasteiger partial charge is 0.478 e. The molecule has 2 aromatic carbocycles. The second-order valence-corrected chi connectivity index (χ2v) is 7.24. The highest BCUT2D eigenvalue weighted by atomic mass is 35.5. The summed E-state index contributed by atoms with van der Waals surface area (Å²) in [6.45, 7) is -0.242. The van der Waals surface area contributed by atoms with E-state index in [9.17, 15) is 17.6 Å². The molecule has 0 heterocycles. The molecule has 0 aliphatic heterocycles. The van der Waals surface area contributed by atoms with Gasteiger partial charge in [0.05, 0.1) is 10.5 Å². The van der Waals surface area contributed by atoms with Gasteiger partial charge in [0.1, 0.15) is 5.82 Å². The first-order valence-corrected chi connectivity index (χ1v) is 8.28. The smallest absolute Gasteiger partial charge is 0.335 e. The molecule has 0 unspecified atom stereocenters. The fourth-order valence-corrected chi connectivity index (χ4v) is 3.30. The first kappa shape index (κ1) is 17.4. The number of carbonyl (C=O) groups is 1. The van der Waals surface area contributed by atoms with Gasteiger partial charge in [0, 0.05) is 24.2 Å². The predicted molar refractivity (Wildman–Crippen MR) is 83.5 cm³/mol. The molecule has 2 aromatic rings. The highest BCUT2D eigenvalue weighted by Gasteiger charge is 2.23. The number of aromatic carboxylic acids is 1. The quantitative estimate of drug-likeness (QED) is 0.892. The Bertz CT molecular complexity index is 817. The van der Waals surface area contributed by atoms with Crippen molar-refractivity contribution < 1.29 is 22.7 Å². The van der Waals surface area contributed by atoms with Crippen LogP contribution in [0, 0.1) is 5.82 Å². The normalized spacial score (nSPS) is 11.7. The Kier molecular flexibility index (Phi) is 5.03. The predicted octanol–water partition coefficient (Wildman–Crippen LogP) is 3.00. The minimum Gasteiger partial charge on any atom is -0.478 e. The van der Waals surface area contributed by atoms with Gasteiger partial charge < -0.3 is 5.11 Å². The van der Waals surface area contributed by atoms with E-state index in [-0.39, 0.29) is 27.6 Å². The average molecular weight is 358 g/mol. The fourth-order valence-electron chi connectivity index (χ4n) is 1.94. The minimum absolute atomic E-state index is 0.0243. The van der Waals surface area contributed by atoms with Crippen LogP contribution in [0.3, 0.4) is 0 Å². The van der Waals surface area contributed by atoms with Crippen LogP contribution in [0.25, 0.3) is 0 Å². The van der Waals surface area contributed by atoms with Gasteiger partial charge in [0.2, 0.25) is 10.0 Å². The average Bonchev–Trinajstić information content (AvgIpc) is 2.50. The molecule has 0 aliphatic rings. The number of hydrogen-bond donors (Lipinski definition) is 1. The third-order valence-electron chi connectivity index (χ3n) is 3.25. The Morgan fingerprint density at radius 3 is 2.35 bits per heavy atom. The van der Waals surface area contributed by atoms with Crippen LogP contribution in [0.15, 0.2) is 47.4 Å². The van der Waals surface area contributed by atoms with Gasteiger partial charge in [-0.15, -0.1) is 0 Å². The first-order chi connectivity index (χ1) is 10.7. The molecule has 23 heavy (non-hydrogen) atoms. The van der Waals surface area contributed by atoms with Crippen LogP contribution in [0.1, 0.15) is 15.9 Å². The van der Waals surface area contributed by atoms with Crippen molar-refractivity contribution in [2.24, 2.45) is 0 Å². The van der Waals surface area contributed by atoms with Crippen LogP contribution in [0.4, 0.5) is 4.39 Å². The van der Waals surface area contributed by atoms with Crippen LogP contribution in [-0.4, -0.2) is 30.8 Å². The first-order valence-electron chi connectivity index (χ1n) is 6.46. The number of rotatable bonds is 5. The summed E-state index contributed by atoms with van der Waals surface area (Å²) < 4.78 is 39.6. The molecule has 0 fully saturated rings. The summed E-state index contributed by atoms with van der Waals surface area (Å²) >= 11 is 5.90. The molecule has 1 N–H and O–H groups in total. The van der Waals surface area contributed by atoms with Crippen molar-refractivity contribution in [3.63, 3.8) is 0 Å². The third kappa shape index (κ3) is 3.69. The van der Waals surface area contributed by atoms with E-state index < -0.39 is 21.8 Å². The van der Waals surface area contributed by atoms with Crippen molar-refractivity contribution in [1.82, 2.24) is 4.31 Å². The summed E-state index contributed by atoms with van der Waals surface area (Å²) in [5.74, 6) is -1.75. The number of benzene rings is 2. The van der Waals surface area contributed by atoms with Crippen LogP contribution >= 0.6 is 11.6 Å². The zero-order chi connectivity index (χ0) is 17.2. The second kappa shape index (κ2) is 6.66. The molecule has 8 heteroatoms. The molecule has 0 bridgehead atoms.